The molecule has 0 aromatic carbocycles. The van der Waals surface area contributed by atoms with Gasteiger partial charge >= 0.3 is 0 Å². The van der Waals surface area contributed by atoms with E-state index < -0.39 is 0 Å². The molecule has 0 spiro atoms. The van der Waals surface area contributed by atoms with Crippen LogP contribution in [0.15, 0.2) is 12.2 Å². The summed E-state index contributed by atoms with van der Waals surface area (Å²) >= 11 is 0. The summed E-state index contributed by atoms with van der Waals surface area (Å²) in [6.07, 6.45) is 6.68. The molecule has 1 aromatic heterocycles. The molecular weight excluding hydrogens is 228 g/mol. The minimum absolute atomic E-state index is 0.0187. The summed E-state index contributed by atoms with van der Waals surface area (Å²) in [5.41, 5.74) is 1.64. The summed E-state index contributed by atoms with van der Waals surface area (Å²) in [7, 11) is 1.85. The van der Waals surface area contributed by atoms with Crippen LogP contribution in [0.25, 0.3) is 0 Å². The molecule has 18 heavy (non-hydrogen) atoms. The standard InChI is InChI=1S/C14H22N2O2/c1-10-6-4-5-7-12(10)9-18-14-13(8-17)11(2)15-16(14)3/h4-5,10,12,17H,6-9H2,1-3H3. The normalized spacial score (nSPS) is 23.3. The summed E-state index contributed by atoms with van der Waals surface area (Å²) in [4.78, 5) is 0. The van der Waals surface area contributed by atoms with E-state index in [1.165, 1.54) is 0 Å². The van der Waals surface area contributed by atoms with Gasteiger partial charge in [-0.15, -0.1) is 0 Å². The van der Waals surface area contributed by atoms with Gasteiger partial charge in [-0.3, -0.25) is 0 Å². The predicted molar refractivity (Wildman–Crippen MR) is 70.4 cm³/mol. The first-order valence-electron chi connectivity index (χ1n) is 6.54. The zero-order valence-electron chi connectivity index (χ0n) is 11.4. The molecule has 1 heterocycles. The summed E-state index contributed by atoms with van der Waals surface area (Å²) < 4.78 is 7.61. The van der Waals surface area contributed by atoms with E-state index in [0.717, 1.165) is 24.1 Å². The highest BCUT2D eigenvalue weighted by atomic mass is 16.5. The summed E-state index contributed by atoms with van der Waals surface area (Å²) in [6, 6.07) is 0. The number of rotatable bonds is 4. The zero-order chi connectivity index (χ0) is 13.1. The van der Waals surface area contributed by atoms with Crippen molar-refractivity contribution in [2.75, 3.05) is 6.61 Å². The fourth-order valence-electron chi connectivity index (χ4n) is 2.47. The lowest BCUT2D eigenvalue weighted by Crippen LogP contribution is -2.22. The van der Waals surface area contributed by atoms with Crippen molar-refractivity contribution in [1.29, 1.82) is 0 Å². The average molecular weight is 250 g/mol. The smallest absolute Gasteiger partial charge is 0.217 e. The van der Waals surface area contributed by atoms with Gasteiger partial charge in [-0.1, -0.05) is 19.1 Å². The number of aliphatic hydroxyl groups excluding tert-OH is 1. The molecule has 2 unspecified atom stereocenters. The van der Waals surface area contributed by atoms with Gasteiger partial charge in [0.1, 0.15) is 0 Å². The van der Waals surface area contributed by atoms with Gasteiger partial charge in [0.2, 0.25) is 5.88 Å². The Morgan fingerprint density at radius 2 is 2.17 bits per heavy atom. The number of nitrogens with zero attached hydrogens (tertiary/aromatic N) is 2. The van der Waals surface area contributed by atoms with E-state index in [0.29, 0.717) is 24.3 Å². The fourth-order valence-corrected chi connectivity index (χ4v) is 2.47. The number of aryl methyl sites for hydroxylation is 2. The van der Waals surface area contributed by atoms with E-state index in [2.05, 4.69) is 24.2 Å². The van der Waals surface area contributed by atoms with E-state index in [1.54, 1.807) is 4.68 Å². The van der Waals surface area contributed by atoms with E-state index >= 15 is 0 Å². The molecule has 0 saturated carbocycles. The molecule has 0 bridgehead atoms. The number of hydrogen-bond acceptors (Lipinski definition) is 3. The largest absolute Gasteiger partial charge is 0.477 e. The van der Waals surface area contributed by atoms with Crippen LogP contribution in [0, 0.1) is 18.8 Å². The molecule has 1 aromatic rings. The van der Waals surface area contributed by atoms with Crippen LogP contribution in [0.2, 0.25) is 0 Å². The maximum atomic E-state index is 9.36. The van der Waals surface area contributed by atoms with Gasteiger partial charge in [0.15, 0.2) is 0 Å². The monoisotopic (exact) mass is 250 g/mol. The van der Waals surface area contributed by atoms with Gasteiger partial charge in [0.05, 0.1) is 24.5 Å². The van der Waals surface area contributed by atoms with Gasteiger partial charge in [-0.05, 0) is 31.6 Å². The van der Waals surface area contributed by atoms with Gasteiger partial charge in [-0.2, -0.15) is 5.10 Å². The van der Waals surface area contributed by atoms with Crippen LogP contribution in [0.5, 0.6) is 5.88 Å². The van der Waals surface area contributed by atoms with Crippen molar-refractivity contribution in [3.05, 3.63) is 23.4 Å². The van der Waals surface area contributed by atoms with Crippen molar-refractivity contribution in [3.63, 3.8) is 0 Å². The van der Waals surface area contributed by atoms with Crippen LogP contribution < -0.4 is 4.74 Å². The molecule has 2 atom stereocenters. The van der Waals surface area contributed by atoms with Crippen molar-refractivity contribution in [2.45, 2.75) is 33.3 Å². The summed E-state index contributed by atoms with van der Waals surface area (Å²) in [5.74, 6) is 1.91. The van der Waals surface area contributed by atoms with E-state index in [1.807, 2.05) is 14.0 Å². The van der Waals surface area contributed by atoms with Crippen LogP contribution >= 0.6 is 0 Å². The Bertz CT molecular complexity index is 437. The van der Waals surface area contributed by atoms with Crippen LogP contribution in [-0.4, -0.2) is 21.5 Å². The zero-order valence-corrected chi connectivity index (χ0v) is 11.4. The van der Waals surface area contributed by atoms with Crippen LogP contribution in [-0.2, 0) is 13.7 Å². The molecule has 1 aliphatic rings. The van der Waals surface area contributed by atoms with Crippen molar-refractivity contribution in [2.24, 2.45) is 18.9 Å². The third-order valence-corrected chi connectivity index (χ3v) is 3.80. The molecule has 4 heteroatoms. The molecule has 4 nitrogen and oxygen atoms in total. The molecule has 100 valence electrons. The van der Waals surface area contributed by atoms with Crippen molar-refractivity contribution < 1.29 is 9.84 Å². The quantitative estimate of drug-likeness (QED) is 0.833. The molecular formula is C14H22N2O2. The van der Waals surface area contributed by atoms with Crippen LogP contribution in [0.1, 0.15) is 31.0 Å². The molecule has 0 saturated heterocycles. The molecule has 1 N–H and O–H groups in total. The molecule has 0 aliphatic heterocycles. The second kappa shape index (κ2) is 5.57. The van der Waals surface area contributed by atoms with Crippen LogP contribution in [0.3, 0.4) is 0 Å². The average Bonchev–Trinajstić information content (AvgIpc) is 2.62. The molecule has 0 radical (unpaired) electrons. The van der Waals surface area contributed by atoms with Crippen molar-refractivity contribution in [3.8, 4) is 5.88 Å². The lowest BCUT2D eigenvalue weighted by Gasteiger charge is -2.25. The highest BCUT2D eigenvalue weighted by Crippen LogP contribution is 2.27. The predicted octanol–water partition coefficient (Wildman–Crippen LogP) is 2.20. The minimum atomic E-state index is -0.0187. The van der Waals surface area contributed by atoms with Gasteiger partial charge in [0.25, 0.3) is 0 Å². The minimum Gasteiger partial charge on any atom is -0.477 e. The second-order valence-corrected chi connectivity index (χ2v) is 5.14. The number of aliphatic hydroxyl groups is 1. The Morgan fingerprint density at radius 3 is 2.83 bits per heavy atom. The number of aromatic nitrogens is 2. The Kier molecular flexibility index (Phi) is 4.07. The highest BCUT2D eigenvalue weighted by molar-refractivity contribution is 5.30. The fraction of sp³-hybridized carbons (Fsp3) is 0.643. The molecule has 0 fully saturated rings. The Hall–Kier alpha value is -1.29. The maximum Gasteiger partial charge on any atom is 0.217 e. The second-order valence-electron chi connectivity index (χ2n) is 5.14. The Balaban J connectivity index is 2.04. The first-order chi connectivity index (χ1) is 8.63. The Labute approximate surface area is 108 Å². The van der Waals surface area contributed by atoms with Crippen LogP contribution in [0.4, 0.5) is 0 Å². The topological polar surface area (TPSA) is 47.3 Å². The maximum absolute atomic E-state index is 9.36. The van der Waals surface area contributed by atoms with E-state index in [-0.39, 0.29) is 6.61 Å². The first-order valence-corrected chi connectivity index (χ1v) is 6.54. The number of hydrogen-bond donors (Lipinski definition) is 1. The third kappa shape index (κ3) is 2.58. The first kappa shape index (κ1) is 13.1. The van der Waals surface area contributed by atoms with Gasteiger partial charge < -0.3 is 9.84 Å². The van der Waals surface area contributed by atoms with Crippen molar-refractivity contribution in [1.82, 2.24) is 9.78 Å². The summed E-state index contributed by atoms with van der Waals surface area (Å²) in [6.45, 7) is 4.83. The Morgan fingerprint density at radius 1 is 1.44 bits per heavy atom. The number of allylic oxidation sites excluding steroid dienone is 2. The third-order valence-electron chi connectivity index (χ3n) is 3.80. The van der Waals surface area contributed by atoms with Gasteiger partial charge in [-0.25, -0.2) is 4.68 Å². The van der Waals surface area contributed by atoms with E-state index in [9.17, 15) is 5.11 Å². The lowest BCUT2D eigenvalue weighted by atomic mass is 9.85. The lowest BCUT2D eigenvalue weighted by molar-refractivity contribution is 0.180. The number of ether oxygens (including phenoxy) is 1. The highest BCUT2D eigenvalue weighted by Gasteiger charge is 2.21. The molecule has 2 rings (SSSR count). The van der Waals surface area contributed by atoms with E-state index in [4.69, 9.17) is 4.74 Å². The SMILES string of the molecule is Cc1nn(C)c(OCC2CC=CCC2C)c1CO. The van der Waals surface area contributed by atoms with Gasteiger partial charge in [0, 0.05) is 7.05 Å². The van der Waals surface area contributed by atoms with Crippen molar-refractivity contribution >= 4 is 0 Å². The summed E-state index contributed by atoms with van der Waals surface area (Å²) in [5, 5.41) is 13.6. The molecule has 0 amide bonds. The molecule has 1 aliphatic carbocycles.